The Morgan fingerprint density at radius 3 is 2.60 bits per heavy atom. The third-order valence-electron chi connectivity index (χ3n) is 3.53. The number of fused-ring (bicyclic) bond motifs is 1. The van der Waals surface area contributed by atoms with Crippen LogP contribution in [-0.4, -0.2) is 19.3 Å². The third kappa shape index (κ3) is 2.40. The van der Waals surface area contributed by atoms with Gasteiger partial charge in [0.05, 0.1) is 0 Å². The van der Waals surface area contributed by atoms with Crippen LogP contribution < -0.4 is 5.73 Å². The molecular formula is C14H16N2O2S2. The van der Waals surface area contributed by atoms with Gasteiger partial charge in [0.1, 0.15) is 4.21 Å². The SMILES string of the molecule is NCc1ccc(S(=O)(=O)N2CCc3ccccc3C2)s1. The Kier molecular flexibility index (Phi) is 3.64. The molecule has 1 aromatic carbocycles. The first-order valence-electron chi connectivity index (χ1n) is 6.47. The van der Waals surface area contributed by atoms with Crippen LogP contribution >= 0.6 is 11.3 Å². The lowest BCUT2D eigenvalue weighted by Crippen LogP contribution is -2.35. The highest BCUT2D eigenvalue weighted by Crippen LogP contribution is 2.28. The van der Waals surface area contributed by atoms with Crippen LogP contribution in [0.5, 0.6) is 0 Å². The van der Waals surface area contributed by atoms with Crippen LogP contribution in [0.1, 0.15) is 16.0 Å². The topological polar surface area (TPSA) is 63.4 Å². The predicted octanol–water partition coefficient (Wildman–Crippen LogP) is 1.95. The van der Waals surface area contributed by atoms with E-state index in [2.05, 4.69) is 6.07 Å². The highest BCUT2D eigenvalue weighted by molar-refractivity contribution is 7.91. The lowest BCUT2D eigenvalue weighted by molar-refractivity contribution is 0.392. The lowest BCUT2D eigenvalue weighted by atomic mass is 10.0. The summed E-state index contributed by atoms with van der Waals surface area (Å²) in [6.45, 7) is 1.37. The summed E-state index contributed by atoms with van der Waals surface area (Å²) in [4.78, 5) is 0.890. The second-order valence-corrected chi connectivity index (χ2v) is 8.12. The van der Waals surface area contributed by atoms with Crippen molar-refractivity contribution >= 4 is 21.4 Å². The molecule has 2 N–H and O–H groups in total. The maximum atomic E-state index is 12.6. The number of nitrogens with zero attached hydrogens (tertiary/aromatic N) is 1. The van der Waals surface area contributed by atoms with Gasteiger partial charge in [-0.15, -0.1) is 11.3 Å². The van der Waals surface area contributed by atoms with Crippen LogP contribution in [0.2, 0.25) is 0 Å². The molecule has 0 aliphatic carbocycles. The summed E-state index contributed by atoms with van der Waals surface area (Å²) in [7, 11) is -3.40. The molecule has 2 aromatic rings. The van der Waals surface area contributed by atoms with Crippen molar-refractivity contribution in [1.82, 2.24) is 4.31 Å². The molecular weight excluding hydrogens is 292 g/mol. The van der Waals surface area contributed by atoms with E-state index in [1.165, 1.54) is 16.9 Å². The van der Waals surface area contributed by atoms with Crippen molar-refractivity contribution < 1.29 is 8.42 Å². The molecule has 0 radical (unpaired) electrons. The number of benzene rings is 1. The van der Waals surface area contributed by atoms with Crippen LogP contribution in [0.3, 0.4) is 0 Å². The van der Waals surface area contributed by atoms with Crippen molar-refractivity contribution in [3.63, 3.8) is 0 Å². The first-order valence-corrected chi connectivity index (χ1v) is 8.72. The van der Waals surface area contributed by atoms with Gasteiger partial charge >= 0.3 is 0 Å². The van der Waals surface area contributed by atoms with Gasteiger partial charge in [0, 0.05) is 24.5 Å². The summed E-state index contributed by atoms with van der Waals surface area (Å²) >= 11 is 1.26. The standard InChI is InChI=1S/C14H16N2O2S2/c15-9-13-5-6-14(19-13)20(17,18)16-8-7-11-3-1-2-4-12(11)10-16/h1-6H,7-10,15H2. The Morgan fingerprint density at radius 2 is 1.90 bits per heavy atom. The van der Waals surface area contributed by atoms with Crippen LogP contribution in [-0.2, 0) is 29.5 Å². The van der Waals surface area contributed by atoms with Gasteiger partial charge in [0.15, 0.2) is 0 Å². The molecule has 3 rings (SSSR count). The summed E-state index contributed by atoms with van der Waals surface area (Å²) in [6.07, 6.45) is 0.768. The molecule has 106 valence electrons. The fraction of sp³-hybridized carbons (Fsp3) is 0.286. The van der Waals surface area contributed by atoms with Crippen molar-refractivity contribution in [3.8, 4) is 0 Å². The van der Waals surface area contributed by atoms with Crippen LogP contribution in [0.15, 0.2) is 40.6 Å². The summed E-state index contributed by atoms with van der Waals surface area (Å²) in [5.41, 5.74) is 7.89. The van der Waals surface area contributed by atoms with E-state index in [0.717, 1.165) is 16.9 Å². The molecule has 1 aromatic heterocycles. The molecule has 0 spiro atoms. The van der Waals surface area contributed by atoms with E-state index in [4.69, 9.17) is 5.73 Å². The molecule has 0 unspecified atom stereocenters. The Balaban J connectivity index is 1.90. The van der Waals surface area contributed by atoms with Crippen molar-refractivity contribution in [3.05, 3.63) is 52.4 Å². The molecule has 4 nitrogen and oxygen atoms in total. The fourth-order valence-electron chi connectivity index (χ4n) is 2.41. The molecule has 1 aliphatic heterocycles. The molecule has 0 bridgehead atoms. The maximum absolute atomic E-state index is 12.6. The largest absolute Gasteiger partial charge is 0.326 e. The van der Waals surface area contributed by atoms with Crippen LogP contribution in [0, 0.1) is 0 Å². The number of sulfonamides is 1. The zero-order valence-electron chi connectivity index (χ0n) is 11.0. The first kappa shape index (κ1) is 13.8. The van der Waals surface area contributed by atoms with E-state index in [-0.39, 0.29) is 0 Å². The van der Waals surface area contributed by atoms with Gasteiger partial charge in [-0.25, -0.2) is 8.42 Å². The average molecular weight is 308 g/mol. The molecule has 0 saturated carbocycles. The number of hydrogen-bond acceptors (Lipinski definition) is 4. The zero-order chi connectivity index (χ0) is 14.2. The Hall–Kier alpha value is -1.21. The van der Waals surface area contributed by atoms with Crippen molar-refractivity contribution in [2.24, 2.45) is 5.73 Å². The predicted molar refractivity (Wildman–Crippen MR) is 80.0 cm³/mol. The molecule has 2 heterocycles. The Labute approximate surface area is 122 Å². The smallest absolute Gasteiger partial charge is 0.252 e. The van der Waals surface area contributed by atoms with E-state index in [9.17, 15) is 8.42 Å². The van der Waals surface area contributed by atoms with Crippen molar-refractivity contribution in [2.45, 2.75) is 23.7 Å². The van der Waals surface area contributed by atoms with Gasteiger partial charge in [-0.2, -0.15) is 4.31 Å². The van der Waals surface area contributed by atoms with E-state index in [0.29, 0.717) is 23.8 Å². The molecule has 20 heavy (non-hydrogen) atoms. The summed E-state index contributed by atoms with van der Waals surface area (Å²) in [5.74, 6) is 0. The highest BCUT2D eigenvalue weighted by Gasteiger charge is 2.29. The van der Waals surface area contributed by atoms with Gasteiger partial charge in [-0.05, 0) is 29.7 Å². The summed E-state index contributed by atoms with van der Waals surface area (Å²) < 4.78 is 27.2. The minimum Gasteiger partial charge on any atom is -0.326 e. The monoisotopic (exact) mass is 308 g/mol. The normalized spacial score (nSPS) is 16.1. The molecule has 0 atom stereocenters. The highest BCUT2D eigenvalue weighted by atomic mass is 32.2. The maximum Gasteiger partial charge on any atom is 0.252 e. The van der Waals surface area contributed by atoms with E-state index in [1.807, 2.05) is 18.2 Å². The van der Waals surface area contributed by atoms with Gasteiger partial charge in [-0.1, -0.05) is 24.3 Å². The quantitative estimate of drug-likeness (QED) is 0.942. The number of thiophene rings is 1. The lowest BCUT2D eigenvalue weighted by Gasteiger charge is -2.27. The van der Waals surface area contributed by atoms with E-state index in [1.54, 1.807) is 16.4 Å². The van der Waals surface area contributed by atoms with Gasteiger partial charge in [0.25, 0.3) is 10.0 Å². The number of nitrogens with two attached hydrogens (primary N) is 1. The molecule has 0 saturated heterocycles. The van der Waals surface area contributed by atoms with Crippen LogP contribution in [0.4, 0.5) is 0 Å². The second kappa shape index (κ2) is 5.29. The fourth-order valence-corrected chi connectivity index (χ4v) is 5.22. The molecule has 6 heteroatoms. The van der Waals surface area contributed by atoms with Gasteiger partial charge in [0.2, 0.25) is 0 Å². The third-order valence-corrected chi connectivity index (χ3v) is 6.95. The number of hydrogen-bond donors (Lipinski definition) is 1. The first-order chi connectivity index (χ1) is 9.61. The molecule has 0 amide bonds. The second-order valence-electron chi connectivity index (χ2n) is 4.78. The zero-order valence-corrected chi connectivity index (χ0v) is 12.6. The van der Waals surface area contributed by atoms with Gasteiger partial charge < -0.3 is 5.73 Å². The van der Waals surface area contributed by atoms with E-state index >= 15 is 0 Å². The average Bonchev–Trinajstić information content (AvgIpc) is 2.96. The molecule has 0 fully saturated rings. The van der Waals surface area contributed by atoms with E-state index < -0.39 is 10.0 Å². The van der Waals surface area contributed by atoms with Crippen molar-refractivity contribution in [2.75, 3.05) is 6.54 Å². The Bertz CT molecular complexity index is 722. The minimum atomic E-state index is -3.40. The summed E-state index contributed by atoms with van der Waals surface area (Å²) in [6, 6.07) is 11.5. The minimum absolute atomic E-state index is 0.378. The number of rotatable bonds is 3. The Morgan fingerprint density at radius 1 is 1.15 bits per heavy atom. The molecule has 1 aliphatic rings. The summed E-state index contributed by atoms with van der Waals surface area (Å²) in [5, 5.41) is 0. The van der Waals surface area contributed by atoms with Crippen LogP contribution in [0.25, 0.3) is 0 Å². The van der Waals surface area contributed by atoms with Gasteiger partial charge in [-0.3, -0.25) is 0 Å². The van der Waals surface area contributed by atoms with Crippen molar-refractivity contribution in [1.29, 1.82) is 0 Å².